The van der Waals surface area contributed by atoms with Crippen molar-refractivity contribution in [1.82, 2.24) is 10.2 Å². The predicted octanol–water partition coefficient (Wildman–Crippen LogP) is 1.78. The lowest BCUT2D eigenvalue weighted by atomic mass is 9.88. The Morgan fingerprint density at radius 2 is 1.58 bits per heavy atom. The molecule has 1 heterocycles. The van der Waals surface area contributed by atoms with Crippen LogP contribution in [-0.2, 0) is 14.4 Å². The number of rotatable bonds is 4. The van der Waals surface area contributed by atoms with Gasteiger partial charge in [-0.25, -0.2) is 0 Å². The van der Waals surface area contributed by atoms with Crippen molar-refractivity contribution in [3.8, 4) is 0 Å². The minimum atomic E-state index is -0.796. The van der Waals surface area contributed by atoms with Crippen molar-refractivity contribution >= 4 is 17.8 Å². The second-order valence-corrected chi connectivity index (χ2v) is 7.66. The van der Waals surface area contributed by atoms with Crippen LogP contribution in [0.5, 0.6) is 0 Å². The van der Waals surface area contributed by atoms with Crippen molar-refractivity contribution in [3.05, 3.63) is 0 Å². The van der Waals surface area contributed by atoms with Crippen molar-refractivity contribution in [3.63, 3.8) is 0 Å². The summed E-state index contributed by atoms with van der Waals surface area (Å²) in [7, 11) is 0. The number of carbonyl (C=O) groups excluding carboxylic acids is 2. The maximum absolute atomic E-state index is 12.6. The molecule has 0 radical (unpaired) electrons. The minimum Gasteiger partial charge on any atom is -0.481 e. The number of carboxylic acids is 1. The fourth-order valence-electron chi connectivity index (χ4n) is 4.45. The van der Waals surface area contributed by atoms with Crippen molar-refractivity contribution in [1.29, 1.82) is 0 Å². The number of carboxylic acid groups (broad SMARTS) is 1. The van der Waals surface area contributed by atoms with E-state index in [0.717, 1.165) is 38.6 Å². The first kappa shape index (κ1) is 17.2. The zero-order valence-electron chi connectivity index (χ0n) is 14.2. The highest BCUT2D eigenvalue weighted by atomic mass is 16.4. The summed E-state index contributed by atoms with van der Waals surface area (Å²) in [5.74, 6) is -0.952. The van der Waals surface area contributed by atoms with Crippen molar-refractivity contribution in [2.24, 2.45) is 17.8 Å². The molecule has 0 aromatic heterocycles. The molecule has 0 bridgehead atoms. The fraction of sp³-hybridized carbons (Fsp3) is 0.833. The molecule has 2 saturated carbocycles. The Morgan fingerprint density at radius 1 is 0.875 bits per heavy atom. The largest absolute Gasteiger partial charge is 0.481 e. The van der Waals surface area contributed by atoms with Gasteiger partial charge < -0.3 is 15.3 Å². The molecule has 0 aromatic rings. The smallest absolute Gasteiger partial charge is 0.306 e. The van der Waals surface area contributed by atoms with Gasteiger partial charge in [0, 0.05) is 31.0 Å². The van der Waals surface area contributed by atoms with E-state index in [9.17, 15) is 14.4 Å². The van der Waals surface area contributed by atoms with Crippen LogP contribution < -0.4 is 5.32 Å². The Labute approximate surface area is 143 Å². The van der Waals surface area contributed by atoms with E-state index >= 15 is 0 Å². The second kappa shape index (κ2) is 7.53. The van der Waals surface area contributed by atoms with Crippen LogP contribution in [0.15, 0.2) is 0 Å². The highest BCUT2D eigenvalue weighted by molar-refractivity contribution is 5.82. The number of amides is 2. The zero-order valence-corrected chi connectivity index (χ0v) is 14.2. The molecule has 2 aliphatic carbocycles. The average molecular weight is 336 g/mol. The summed E-state index contributed by atoms with van der Waals surface area (Å²) in [5, 5.41) is 12.1. The molecule has 2 amide bonds. The number of nitrogens with zero attached hydrogens (tertiary/aromatic N) is 1. The van der Waals surface area contributed by atoms with Crippen LogP contribution >= 0.6 is 0 Å². The average Bonchev–Trinajstić information content (AvgIpc) is 3.24. The Bertz CT molecular complexity index is 501. The predicted molar refractivity (Wildman–Crippen MR) is 88.2 cm³/mol. The number of hydrogen-bond donors (Lipinski definition) is 2. The van der Waals surface area contributed by atoms with Crippen LogP contribution in [0.25, 0.3) is 0 Å². The molecule has 1 aliphatic heterocycles. The van der Waals surface area contributed by atoms with Crippen molar-refractivity contribution in [2.45, 2.75) is 63.8 Å². The van der Waals surface area contributed by atoms with Crippen LogP contribution in [0.3, 0.4) is 0 Å². The Kier molecular flexibility index (Phi) is 5.41. The maximum Gasteiger partial charge on any atom is 0.306 e. The van der Waals surface area contributed by atoms with Crippen LogP contribution in [0.1, 0.15) is 57.8 Å². The second-order valence-electron chi connectivity index (χ2n) is 7.66. The summed E-state index contributed by atoms with van der Waals surface area (Å²) < 4.78 is 0. The standard InChI is InChI=1S/C18H28N2O4/c21-16(13-6-7-14(10-13)18(23)24)19-15-8-9-20(11-15)17(22)12-4-2-1-3-5-12/h12-15H,1-11H2,(H,19,21)(H,23,24)/t13-,14+,15?/m0/s1. The molecule has 24 heavy (non-hydrogen) atoms. The summed E-state index contributed by atoms with van der Waals surface area (Å²) in [6.07, 6.45) is 8.04. The molecule has 3 atom stereocenters. The van der Waals surface area contributed by atoms with Gasteiger partial charge in [0.05, 0.1) is 5.92 Å². The quantitative estimate of drug-likeness (QED) is 0.819. The molecule has 0 spiro atoms. The third kappa shape index (κ3) is 3.90. The maximum atomic E-state index is 12.6. The topological polar surface area (TPSA) is 86.7 Å². The minimum absolute atomic E-state index is 0.0221. The van der Waals surface area contributed by atoms with Gasteiger partial charge >= 0.3 is 5.97 Å². The van der Waals surface area contributed by atoms with E-state index in [2.05, 4.69) is 5.32 Å². The van der Waals surface area contributed by atoms with E-state index in [1.807, 2.05) is 4.90 Å². The monoisotopic (exact) mass is 336 g/mol. The molecule has 134 valence electrons. The molecule has 3 fully saturated rings. The fourth-order valence-corrected chi connectivity index (χ4v) is 4.45. The third-order valence-electron chi connectivity index (χ3n) is 5.95. The molecule has 3 rings (SSSR count). The number of aliphatic carboxylic acids is 1. The zero-order chi connectivity index (χ0) is 17.1. The number of nitrogens with one attached hydrogen (secondary N) is 1. The highest BCUT2D eigenvalue weighted by Crippen LogP contribution is 2.31. The lowest BCUT2D eigenvalue weighted by Crippen LogP contribution is -2.42. The molecular formula is C18H28N2O4. The lowest BCUT2D eigenvalue weighted by molar-refractivity contribution is -0.141. The summed E-state index contributed by atoms with van der Waals surface area (Å²) >= 11 is 0. The molecule has 2 N–H and O–H groups in total. The number of likely N-dealkylation sites (tertiary alicyclic amines) is 1. The Balaban J connectivity index is 1.45. The van der Waals surface area contributed by atoms with Gasteiger partial charge in [-0.2, -0.15) is 0 Å². The van der Waals surface area contributed by atoms with Crippen LogP contribution in [0, 0.1) is 17.8 Å². The Hall–Kier alpha value is -1.59. The lowest BCUT2D eigenvalue weighted by Gasteiger charge is -2.26. The first-order valence-corrected chi connectivity index (χ1v) is 9.36. The SMILES string of the molecule is O=C(O)[C@@H]1CC[C@H](C(=O)NC2CCN(C(=O)C3CCCCC3)C2)C1. The number of hydrogen-bond acceptors (Lipinski definition) is 3. The van der Waals surface area contributed by atoms with Gasteiger partial charge in [0.15, 0.2) is 0 Å². The van der Waals surface area contributed by atoms with Gasteiger partial charge in [-0.1, -0.05) is 19.3 Å². The normalized spacial score (nSPS) is 31.2. The van der Waals surface area contributed by atoms with E-state index in [1.165, 1.54) is 6.42 Å². The number of carbonyl (C=O) groups is 3. The molecular weight excluding hydrogens is 308 g/mol. The van der Waals surface area contributed by atoms with E-state index in [0.29, 0.717) is 25.8 Å². The van der Waals surface area contributed by atoms with Gasteiger partial charge in [-0.15, -0.1) is 0 Å². The van der Waals surface area contributed by atoms with Gasteiger partial charge in [-0.3, -0.25) is 14.4 Å². The summed E-state index contributed by atoms with van der Waals surface area (Å²) in [5.41, 5.74) is 0. The van der Waals surface area contributed by atoms with Gasteiger partial charge in [0.1, 0.15) is 0 Å². The molecule has 3 aliphatic rings. The van der Waals surface area contributed by atoms with Gasteiger partial charge in [-0.05, 0) is 38.5 Å². The Morgan fingerprint density at radius 3 is 2.25 bits per heavy atom. The van der Waals surface area contributed by atoms with Crippen LogP contribution in [0.4, 0.5) is 0 Å². The summed E-state index contributed by atoms with van der Waals surface area (Å²) in [6, 6.07) is 0.0221. The van der Waals surface area contributed by atoms with E-state index < -0.39 is 5.97 Å². The van der Waals surface area contributed by atoms with Crippen LogP contribution in [0.2, 0.25) is 0 Å². The molecule has 1 saturated heterocycles. The molecule has 6 nitrogen and oxygen atoms in total. The van der Waals surface area contributed by atoms with Gasteiger partial charge in [0.25, 0.3) is 0 Å². The van der Waals surface area contributed by atoms with E-state index in [-0.39, 0.29) is 35.6 Å². The first-order chi connectivity index (χ1) is 11.5. The van der Waals surface area contributed by atoms with Crippen molar-refractivity contribution < 1.29 is 19.5 Å². The third-order valence-corrected chi connectivity index (χ3v) is 5.95. The van der Waals surface area contributed by atoms with Crippen LogP contribution in [-0.4, -0.2) is 46.9 Å². The van der Waals surface area contributed by atoms with E-state index in [4.69, 9.17) is 5.11 Å². The summed E-state index contributed by atoms with van der Waals surface area (Å²) in [4.78, 5) is 37.8. The molecule has 6 heteroatoms. The first-order valence-electron chi connectivity index (χ1n) is 9.36. The van der Waals surface area contributed by atoms with E-state index in [1.54, 1.807) is 0 Å². The molecule has 0 aromatic carbocycles. The van der Waals surface area contributed by atoms with Crippen molar-refractivity contribution in [2.75, 3.05) is 13.1 Å². The summed E-state index contributed by atoms with van der Waals surface area (Å²) in [6.45, 7) is 1.33. The highest BCUT2D eigenvalue weighted by Gasteiger charge is 2.36. The molecule has 1 unspecified atom stereocenters. The van der Waals surface area contributed by atoms with Gasteiger partial charge in [0.2, 0.25) is 11.8 Å².